The van der Waals surface area contributed by atoms with E-state index in [1.165, 1.54) is 7.11 Å². The van der Waals surface area contributed by atoms with E-state index in [-0.39, 0.29) is 0 Å². The molecule has 98 valence electrons. The van der Waals surface area contributed by atoms with Gasteiger partial charge in [0.15, 0.2) is 5.60 Å². The van der Waals surface area contributed by atoms with Gasteiger partial charge >= 0.3 is 0 Å². The Kier molecular flexibility index (Phi) is 3.53. The molecule has 1 unspecified atom stereocenters. The number of hydrogen-bond acceptors (Lipinski definition) is 3. The third-order valence-corrected chi connectivity index (χ3v) is 3.04. The first-order chi connectivity index (χ1) is 9.09. The van der Waals surface area contributed by atoms with Gasteiger partial charge in [0.25, 0.3) is 5.91 Å². The predicted molar refractivity (Wildman–Crippen MR) is 71.6 cm³/mol. The van der Waals surface area contributed by atoms with Gasteiger partial charge in [-0.1, -0.05) is 42.5 Å². The van der Waals surface area contributed by atoms with Crippen LogP contribution in [-0.2, 0) is 10.4 Å². The summed E-state index contributed by atoms with van der Waals surface area (Å²) in [7, 11) is 1.52. The van der Waals surface area contributed by atoms with Crippen molar-refractivity contribution in [1.82, 2.24) is 0 Å². The lowest BCUT2D eigenvalue weighted by Gasteiger charge is -2.26. The van der Waals surface area contributed by atoms with Crippen LogP contribution in [0.3, 0.4) is 0 Å². The van der Waals surface area contributed by atoms with E-state index in [0.717, 1.165) is 0 Å². The maximum Gasteiger partial charge on any atom is 0.258 e. The van der Waals surface area contributed by atoms with Gasteiger partial charge in [0.2, 0.25) is 0 Å². The number of aliphatic hydroxyl groups is 1. The summed E-state index contributed by atoms with van der Waals surface area (Å²) in [4.78, 5) is 11.8. The second-order valence-electron chi connectivity index (χ2n) is 4.17. The average Bonchev–Trinajstić information content (AvgIpc) is 2.47. The van der Waals surface area contributed by atoms with Crippen LogP contribution in [0, 0.1) is 0 Å². The van der Waals surface area contributed by atoms with Gasteiger partial charge in [0, 0.05) is 5.56 Å². The van der Waals surface area contributed by atoms with Crippen molar-refractivity contribution in [1.29, 1.82) is 0 Å². The van der Waals surface area contributed by atoms with E-state index in [4.69, 9.17) is 10.5 Å². The van der Waals surface area contributed by atoms with E-state index in [0.29, 0.717) is 16.9 Å². The van der Waals surface area contributed by atoms with Crippen molar-refractivity contribution in [2.75, 3.05) is 7.11 Å². The van der Waals surface area contributed by atoms with Gasteiger partial charge in [0.1, 0.15) is 5.75 Å². The Morgan fingerprint density at radius 2 is 1.74 bits per heavy atom. The lowest BCUT2D eigenvalue weighted by molar-refractivity contribution is -0.133. The normalized spacial score (nSPS) is 13.6. The Hall–Kier alpha value is -2.33. The molecule has 0 saturated heterocycles. The van der Waals surface area contributed by atoms with Crippen molar-refractivity contribution in [3.63, 3.8) is 0 Å². The average molecular weight is 257 g/mol. The van der Waals surface area contributed by atoms with Gasteiger partial charge in [-0.05, 0) is 17.7 Å². The summed E-state index contributed by atoms with van der Waals surface area (Å²) < 4.78 is 5.10. The predicted octanol–water partition coefficient (Wildman–Crippen LogP) is 1.42. The van der Waals surface area contributed by atoms with Crippen LogP contribution in [0.25, 0.3) is 0 Å². The molecular formula is C15H15NO3. The van der Waals surface area contributed by atoms with Crippen molar-refractivity contribution in [2.45, 2.75) is 5.60 Å². The molecule has 0 heterocycles. The molecule has 2 rings (SSSR count). The number of carbonyl (C=O) groups is 1. The van der Waals surface area contributed by atoms with E-state index in [1.807, 2.05) is 0 Å². The first kappa shape index (κ1) is 13.1. The van der Waals surface area contributed by atoms with Gasteiger partial charge in [-0.15, -0.1) is 0 Å². The minimum atomic E-state index is -1.87. The van der Waals surface area contributed by atoms with Crippen LogP contribution in [0.5, 0.6) is 5.75 Å². The van der Waals surface area contributed by atoms with Crippen LogP contribution < -0.4 is 10.5 Å². The highest BCUT2D eigenvalue weighted by atomic mass is 16.5. The summed E-state index contributed by atoms with van der Waals surface area (Å²) >= 11 is 0. The van der Waals surface area contributed by atoms with Crippen LogP contribution >= 0.6 is 0 Å². The number of carbonyl (C=O) groups excluding carboxylic acids is 1. The van der Waals surface area contributed by atoms with Crippen molar-refractivity contribution < 1.29 is 14.6 Å². The Balaban J connectivity index is 2.60. The van der Waals surface area contributed by atoms with E-state index >= 15 is 0 Å². The lowest BCUT2D eigenvalue weighted by Crippen LogP contribution is -2.42. The maximum absolute atomic E-state index is 11.8. The van der Waals surface area contributed by atoms with Gasteiger partial charge in [0.05, 0.1) is 7.11 Å². The molecule has 2 aromatic carbocycles. The lowest BCUT2D eigenvalue weighted by atomic mass is 9.85. The van der Waals surface area contributed by atoms with Crippen LogP contribution in [0.15, 0.2) is 54.6 Å². The molecule has 0 aliphatic rings. The highest BCUT2D eigenvalue weighted by Crippen LogP contribution is 2.31. The van der Waals surface area contributed by atoms with E-state index in [2.05, 4.69) is 0 Å². The number of amides is 1. The van der Waals surface area contributed by atoms with Crippen molar-refractivity contribution in [3.8, 4) is 5.75 Å². The molecule has 1 atom stereocenters. The molecule has 0 aliphatic heterocycles. The second-order valence-corrected chi connectivity index (χ2v) is 4.17. The molecular weight excluding hydrogens is 242 g/mol. The van der Waals surface area contributed by atoms with Crippen molar-refractivity contribution >= 4 is 5.91 Å². The highest BCUT2D eigenvalue weighted by Gasteiger charge is 2.38. The third kappa shape index (κ3) is 2.30. The Labute approximate surface area is 111 Å². The molecule has 0 saturated carbocycles. The van der Waals surface area contributed by atoms with Crippen LogP contribution in [0.2, 0.25) is 0 Å². The molecule has 0 radical (unpaired) electrons. The minimum Gasteiger partial charge on any atom is -0.497 e. The maximum atomic E-state index is 11.8. The van der Waals surface area contributed by atoms with Crippen LogP contribution in [0.1, 0.15) is 11.1 Å². The van der Waals surface area contributed by atoms with E-state index in [9.17, 15) is 9.90 Å². The smallest absolute Gasteiger partial charge is 0.258 e. The number of rotatable bonds is 4. The second kappa shape index (κ2) is 5.12. The fourth-order valence-electron chi connectivity index (χ4n) is 1.98. The summed E-state index contributed by atoms with van der Waals surface area (Å²) in [6, 6.07) is 15.3. The van der Waals surface area contributed by atoms with Gasteiger partial charge in [-0.25, -0.2) is 0 Å². The zero-order valence-electron chi connectivity index (χ0n) is 10.5. The van der Waals surface area contributed by atoms with Gasteiger partial charge in [-0.2, -0.15) is 0 Å². The standard InChI is InChI=1S/C15H15NO3/c1-19-13-9-5-8-12(10-13)15(18,14(16)17)11-6-3-2-4-7-11/h2-10,18H,1H3,(H2,16,17). The van der Waals surface area contributed by atoms with Crippen LogP contribution in [-0.4, -0.2) is 18.1 Å². The molecule has 4 nitrogen and oxygen atoms in total. The quantitative estimate of drug-likeness (QED) is 0.870. The number of ether oxygens (including phenoxy) is 1. The summed E-state index contributed by atoms with van der Waals surface area (Å²) in [5, 5.41) is 10.7. The first-order valence-corrected chi connectivity index (χ1v) is 5.81. The molecule has 0 bridgehead atoms. The summed E-state index contributed by atoms with van der Waals surface area (Å²) in [5.41, 5.74) is 4.34. The molecule has 0 fully saturated rings. The molecule has 19 heavy (non-hydrogen) atoms. The highest BCUT2D eigenvalue weighted by molar-refractivity contribution is 5.88. The Morgan fingerprint density at radius 3 is 2.32 bits per heavy atom. The minimum absolute atomic E-state index is 0.380. The summed E-state index contributed by atoms with van der Waals surface area (Å²) in [6.07, 6.45) is 0. The zero-order valence-corrected chi connectivity index (χ0v) is 10.5. The molecule has 0 aliphatic carbocycles. The summed E-state index contributed by atoms with van der Waals surface area (Å²) in [6.45, 7) is 0. The monoisotopic (exact) mass is 257 g/mol. The molecule has 2 aromatic rings. The number of primary amides is 1. The SMILES string of the molecule is COc1cccc(C(O)(C(N)=O)c2ccccc2)c1. The largest absolute Gasteiger partial charge is 0.497 e. The van der Waals surface area contributed by atoms with Crippen LogP contribution in [0.4, 0.5) is 0 Å². The molecule has 4 heteroatoms. The fourth-order valence-corrected chi connectivity index (χ4v) is 1.98. The number of hydrogen-bond donors (Lipinski definition) is 2. The summed E-state index contributed by atoms with van der Waals surface area (Å²) in [5.74, 6) is -0.278. The number of nitrogens with two attached hydrogens (primary N) is 1. The molecule has 0 aromatic heterocycles. The van der Waals surface area contributed by atoms with Crippen molar-refractivity contribution in [3.05, 3.63) is 65.7 Å². The van der Waals surface area contributed by atoms with Gasteiger partial charge in [-0.3, -0.25) is 4.79 Å². The Morgan fingerprint density at radius 1 is 1.11 bits per heavy atom. The number of benzene rings is 2. The molecule has 1 amide bonds. The first-order valence-electron chi connectivity index (χ1n) is 5.81. The molecule has 3 N–H and O–H groups in total. The Bertz CT molecular complexity index is 583. The molecule has 0 spiro atoms. The fraction of sp³-hybridized carbons (Fsp3) is 0.133. The van der Waals surface area contributed by atoms with Gasteiger partial charge < -0.3 is 15.6 Å². The van der Waals surface area contributed by atoms with Crippen molar-refractivity contribution in [2.24, 2.45) is 5.73 Å². The third-order valence-electron chi connectivity index (χ3n) is 3.04. The zero-order chi connectivity index (χ0) is 13.9. The topological polar surface area (TPSA) is 72.6 Å². The number of methoxy groups -OCH3 is 1. The van der Waals surface area contributed by atoms with E-state index < -0.39 is 11.5 Å². The van der Waals surface area contributed by atoms with E-state index in [1.54, 1.807) is 54.6 Å².